The zero-order valence-electron chi connectivity index (χ0n) is 11.7. The van der Waals surface area contributed by atoms with Gasteiger partial charge in [0, 0.05) is 11.1 Å². The molecule has 0 aliphatic carbocycles. The summed E-state index contributed by atoms with van der Waals surface area (Å²) >= 11 is 0. The molecule has 0 aliphatic heterocycles. The lowest BCUT2D eigenvalue weighted by atomic mass is 9.97. The van der Waals surface area contributed by atoms with E-state index >= 15 is 0 Å². The first-order valence-electron chi connectivity index (χ1n) is 6.61. The minimum atomic E-state index is -4.39. The van der Waals surface area contributed by atoms with Crippen molar-refractivity contribution in [3.05, 3.63) is 70.8 Å². The summed E-state index contributed by atoms with van der Waals surface area (Å²) in [4.78, 5) is 12.2. The standard InChI is InChI=1S/C17H15F3O/c1-11(2)12-3-5-13(6-4-12)16(21)14-7-9-15(10-8-14)17(18,19)20/h3-11H,1-2H3. The van der Waals surface area contributed by atoms with Crippen LogP contribution in [-0.2, 0) is 6.18 Å². The molecule has 0 saturated carbocycles. The summed E-state index contributed by atoms with van der Waals surface area (Å²) < 4.78 is 37.4. The highest BCUT2D eigenvalue weighted by molar-refractivity contribution is 6.09. The van der Waals surface area contributed by atoms with Crippen LogP contribution in [0.15, 0.2) is 48.5 Å². The third kappa shape index (κ3) is 3.51. The minimum absolute atomic E-state index is 0.250. The maximum absolute atomic E-state index is 12.5. The van der Waals surface area contributed by atoms with Gasteiger partial charge in [0.15, 0.2) is 5.78 Å². The van der Waals surface area contributed by atoms with Gasteiger partial charge in [0.25, 0.3) is 0 Å². The quantitative estimate of drug-likeness (QED) is 0.723. The van der Waals surface area contributed by atoms with Crippen LogP contribution in [0.4, 0.5) is 13.2 Å². The van der Waals surface area contributed by atoms with Crippen molar-refractivity contribution in [2.75, 3.05) is 0 Å². The highest BCUT2D eigenvalue weighted by Crippen LogP contribution is 2.29. The van der Waals surface area contributed by atoms with Gasteiger partial charge in [0.05, 0.1) is 5.56 Å². The SMILES string of the molecule is CC(C)c1ccc(C(=O)c2ccc(C(F)(F)F)cc2)cc1. The second-order valence-electron chi connectivity index (χ2n) is 5.18. The number of carbonyl (C=O) groups excluding carboxylic acids is 1. The summed E-state index contributed by atoms with van der Waals surface area (Å²) in [6, 6.07) is 11.4. The Hall–Kier alpha value is -2.10. The molecule has 0 saturated heterocycles. The number of hydrogen-bond donors (Lipinski definition) is 0. The van der Waals surface area contributed by atoms with Gasteiger partial charge in [0.2, 0.25) is 0 Å². The molecule has 0 atom stereocenters. The predicted molar refractivity (Wildman–Crippen MR) is 75.4 cm³/mol. The van der Waals surface area contributed by atoms with E-state index in [-0.39, 0.29) is 11.3 Å². The van der Waals surface area contributed by atoms with Gasteiger partial charge in [-0.15, -0.1) is 0 Å². The molecular formula is C17H15F3O. The first-order valence-corrected chi connectivity index (χ1v) is 6.61. The second-order valence-corrected chi connectivity index (χ2v) is 5.18. The third-order valence-electron chi connectivity index (χ3n) is 3.31. The van der Waals surface area contributed by atoms with E-state index in [1.54, 1.807) is 12.1 Å². The normalized spacial score (nSPS) is 11.7. The van der Waals surface area contributed by atoms with Gasteiger partial charge in [-0.3, -0.25) is 4.79 Å². The highest BCUT2D eigenvalue weighted by atomic mass is 19.4. The van der Waals surface area contributed by atoms with Gasteiger partial charge in [-0.25, -0.2) is 0 Å². The molecule has 0 spiro atoms. The van der Waals surface area contributed by atoms with Crippen LogP contribution in [0.3, 0.4) is 0 Å². The van der Waals surface area contributed by atoms with E-state index in [2.05, 4.69) is 0 Å². The number of alkyl halides is 3. The Bertz CT molecular complexity index is 623. The van der Waals surface area contributed by atoms with Crippen LogP contribution >= 0.6 is 0 Å². The van der Waals surface area contributed by atoms with Gasteiger partial charge in [-0.05, 0) is 23.6 Å². The van der Waals surface area contributed by atoms with Crippen molar-refractivity contribution in [2.24, 2.45) is 0 Å². The number of ketones is 1. The van der Waals surface area contributed by atoms with Gasteiger partial charge in [-0.1, -0.05) is 50.2 Å². The summed E-state index contributed by atoms with van der Waals surface area (Å²) in [5.41, 5.74) is 1.08. The van der Waals surface area contributed by atoms with Crippen molar-refractivity contribution >= 4 is 5.78 Å². The first-order chi connectivity index (χ1) is 9.79. The Morgan fingerprint density at radius 2 is 1.29 bits per heavy atom. The van der Waals surface area contributed by atoms with Crippen LogP contribution in [0.1, 0.15) is 46.8 Å². The predicted octanol–water partition coefficient (Wildman–Crippen LogP) is 5.06. The fourth-order valence-electron chi connectivity index (χ4n) is 2.00. The molecular weight excluding hydrogens is 277 g/mol. The molecule has 0 heterocycles. The lowest BCUT2D eigenvalue weighted by molar-refractivity contribution is -0.137. The van der Waals surface area contributed by atoms with Crippen molar-refractivity contribution in [1.82, 2.24) is 0 Å². The van der Waals surface area contributed by atoms with Gasteiger partial charge < -0.3 is 0 Å². The molecule has 21 heavy (non-hydrogen) atoms. The average Bonchev–Trinajstić information content (AvgIpc) is 2.46. The molecule has 0 N–H and O–H groups in total. The molecule has 2 rings (SSSR count). The smallest absolute Gasteiger partial charge is 0.289 e. The third-order valence-corrected chi connectivity index (χ3v) is 3.31. The zero-order valence-corrected chi connectivity index (χ0v) is 11.7. The van der Waals surface area contributed by atoms with E-state index in [0.29, 0.717) is 11.5 Å². The van der Waals surface area contributed by atoms with E-state index in [0.717, 1.165) is 17.7 Å². The summed E-state index contributed by atoms with van der Waals surface area (Å²) in [6.45, 7) is 4.10. The summed E-state index contributed by atoms with van der Waals surface area (Å²) in [7, 11) is 0. The largest absolute Gasteiger partial charge is 0.416 e. The lowest BCUT2D eigenvalue weighted by Gasteiger charge is -2.08. The van der Waals surface area contributed by atoms with E-state index in [4.69, 9.17) is 0 Å². The Morgan fingerprint density at radius 3 is 1.67 bits per heavy atom. The molecule has 0 aromatic heterocycles. The molecule has 2 aromatic carbocycles. The maximum atomic E-state index is 12.5. The fraction of sp³-hybridized carbons (Fsp3) is 0.235. The number of carbonyl (C=O) groups is 1. The van der Waals surface area contributed by atoms with Gasteiger partial charge >= 0.3 is 6.18 Å². The number of halogens is 3. The van der Waals surface area contributed by atoms with Gasteiger partial charge in [0.1, 0.15) is 0 Å². The summed E-state index contributed by atoms with van der Waals surface area (Å²) in [5, 5.41) is 0. The molecule has 0 unspecified atom stereocenters. The molecule has 0 aliphatic rings. The molecule has 0 amide bonds. The lowest BCUT2D eigenvalue weighted by Crippen LogP contribution is -2.06. The number of hydrogen-bond acceptors (Lipinski definition) is 1. The summed E-state index contributed by atoms with van der Waals surface area (Å²) in [5.74, 6) is 0.0826. The number of rotatable bonds is 3. The molecule has 2 aromatic rings. The van der Waals surface area contributed by atoms with Crippen molar-refractivity contribution in [3.63, 3.8) is 0 Å². The summed E-state index contributed by atoms with van der Waals surface area (Å²) in [6.07, 6.45) is -4.39. The van der Waals surface area contributed by atoms with Crippen molar-refractivity contribution in [1.29, 1.82) is 0 Å². The van der Waals surface area contributed by atoms with E-state index < -0.39 is 11.7 Å². The Labute approximate surface area is 121 Å². The highest BCUT2D eigenvalue weighted by Gasteiger charge is 2.30. The number of benzene rings is 2. The molecule has 0 bridgehead atoms. The van der Waals surface area contributed by atoms with E-state index in [1.807, 2.05) is 26.0 Å². The Kier molecular flexibility index (Phi) is 4.16. The molecule has 0 fully saturated rings. The topological polar surface area (TPSA) is 17.1 Å². The van der Waals surface area contributed by atoms with E-state index in [9.17, 15) is 18.0 Å². The second kappa shape index (κ2) is 5.72. The van der Waals surface area contributed by atoms with Crippen molar-refractivity contribution in [3.8, 4) is 0 Å². The van der Waals surface area contributed by atoms with Crippen LogP contribution in [0.2, 0.25) is 0 Å². The average molecular weight is 292 g/mol. The van der Waals surface area contributed by atoms with Crippen molar-refractivity contribution in [2.45, 2.75) is 25.9 Å². The monoisotopic (exact) mass is 292 g/mol. The van der Waals surface area contributed by atoms with Crippen molar-refractivity contribution < 1.29 is 18.0 Å². The van der Waals surface area contributed by atoms with Crippen LogP contribution in [0, 0.1) is 0 Å². The van der Waals surface area contributed by atoms with Crippen LogP contribution in [-0.4, -0.2) is 5.78 Å². The first kappa shape index (κ1) is 15.3. The van der Waals surface area contributed by atoms with Crippen LogP contribution in [0.5, 0.6) is 0 Å². The fourth-order valence-corrected chi connectivity index (χ4v) is 2.00. The van der Waals surface area contributed by atoms with Crippen LogP contribution < -0.4 is 0 Å². The Balaban J connectivity index is 2.23. The zero-order chi connectivity index (χ0) is 15.6. The Morgan fingerprint density at radius 1 is 0.857 bits per heavy atom. The molecule has 110 valence electrons. The molecule has 0 radical (unpaired) electrons. The van der Waals surface area contributed by atoms with Gasteiger partial charge in [-0.2, -0.15) is 13.2 Å². The van der Waals surface area contributed by atoms with E-state index in [1.165, 1.54) is 12.1 Å². The maximum Gasteiger partial charge on any atom is 0.416 e. The van der Waals surface area contributed by atoms with Crippen LogP contribution in [0.25, 0.3) is 0 Å². The molecule has 1 nitrogen and oxygen atoms in total. The molecule has 4 heteroatoms. The minimum Gasteiger partial charge on any atom is -0.289 e.